The molecule has 160 valence electrons. The van der Waals surface area contributed by atoms with Crippen LogP contribution in [0.4, 0.5) is 0 Å². The Morgan fingerprint density at radius 1 is 1.24 bits per heavy atom. The van der Waals surface area contributed by atoms with Crippen molar-refractivity contribution in [2.24, 2.45) is 5.92 Å². The zero-order valence-corrected chi connectivity index (χ0v) is 17.7. The summed E-state index contributed by atoms with van der Waals surface area (Å²) in [5.74, 6) is -2.67. The Balaban J connectivity index is 2.20. The molecule has 0 aromatic heterocycles. The Hall–Kier alpha value is -1.83. The second kappa shape index (κ2) is 10.8. The van der Waals surface area contributed by atoms with Gasteiger partial charge in [-0.15, -0.1) is 23.2 Å². The molecule has 7 nitrogen and oxygen atoms in total. The summed E-state index contributed by atoms with van der Waals surface area (Å²) in [5, 5.41) is 10.9. The quantitative estimate of drug-likeness (QED) is 0.490. The molecule has 0 spiro atoms. The van der Waals surface area contributed by atoms with Crippen LogP contribution in [0.3, 0.4) is 0 Å². The van der Waals surface area contributed by atoms with Crippen molar-refractivity contribution < 1.29 is 29.0 Å². The number of halogens is 2. The molecule has 1 amide bonds. The van der Waals surface area contributed by atoms with Crippen LogP contribution in [0.2, 0.25) is 0 Å². The summed E-state index contributed by atoms with van der Waals surface area (Å²) in [4.78, 5) is 36.8. The lowest BCUT2D eigenvalue weighted by Gasteiger charge is -2.39. The molecule has 1 saturated carbocycles. The summed E-state index contributed by atoms with van der Waals surface area (Å²) < 4.78 is 10.3. The van der Waals surface area contributed by atoms with E-state index in [0.29, 0.717) is 0 Å². The topological polar surface area (TPSA) is 102 Å². The predicted molar refractivity (Wildman–Crippen MR) is 108 cm³/mol. The highest BCUT2D eigenvalue weighted by atomic mass is 35.5. The van der Waals surface area contributed by atoms with Crippen molar-refractivity contribution in [3.8, 4) is 0 Å². The molecule has 2 rings (SSSR count). The van der Waals surface area contributed by atoms with E-state index >= 15 is 0 Å². The van der Waals surface area contributed by atoms with Gasteiger partial charge in [0.25, 0.3) is 0 Å². The van der Waals surface area contributed by atoms with Crippen LogP contribution in [-0.4, -0.2) is 58.6 Å². The van der Waals surface area contributed by atoms with Gasteiger partial charge in [0.1, 0.15) is 12.1 Å². The first-order valence-corrected chi connectivity index (χ1v) is 10.3. The average molecular weight is 446 g/mol. The fraction of sp³-hybridized carbons (Fsp3) is 0.550. The Morgan fingerprint density at radius 2 is 1.90 bits per heavy atom. The third kappa shape index (κ3) is 6.32. The number of aliphatic hydroxyl groups excluding tert-OH is 1. The summed E-state index contributed by atoms with van der Waals surface area (Å²) in [6, 6.07) is 8.24. The van der Waals surface area contributed by atoms with E-state index in [2.05, 4.69) is 5.32 Å². The van der Waals surface area contributed by atoms with Crippen LogP contribution in [0, 0.1) is 5.92 Å². The zero-order chi connectivity index (χ0) is 21.6. The third-order valence-electron chi connectivity index (χ3n) is 4.70. The smallest absolute Gasteiger partial charge is 0.328 e. The van der Waals surface area contributed by atoms with Gasteiger partial charge in [0.05, 0.1) is 29.4 Å². The first kappa shape index (κ1) is 23.4. The second-order valence-electron chi connectivity index (χ2n) is 6.87. The number of ether oxygens (including phenoxy) is 2. The first-order chi connectivity index (χ1) is 13.7. The van der Waals surface area contributed by atoms with E-state index in [-0.39, 0.29) is 19.4 Å². The largest absolute Gasteiger partial charge is 0.464 e. The van der Waals surface area contributed by atoms with Crippen LogP contribution in [0.25, 0.3) is 0 Å². The maximum Gasteiger partial charge on any atom is 0.328 e. The number of alkyl halides is 2. The monoisotopic (exact) mass is 445 g/mol. The van der Waals surface area contributed by atoms with E-state index in [1.165, 1.54) is 6.92 Å². The van der Waals surface area contributed by atoms with Gasteiger partial charge in [-0.05, 0) is 18.9 Å². The van der Waals surface area contributed by atoms with Gasteiger partial charge >= 0.3 is 11.9 Å². The van der Waals surface area contributed by atoms with Crippen LogP contribution in [0.5, 0.6) is 0 Å². The highest BCUT2D eigenvalue weighted by Gasteiger charge is 2.48. The van der Waals surface area contributed by atoms with Crippen molar-refractivity contribution >= 4 is 41.0 Å². The van der Waals surface area contributed by atoms with Crippen molar-refractivity contribution in [3.63, 3.8) is 0 Å². The molecule has 1 aliphatic carbocycles. The predicted octanol–water partition coefficient (Wildman–Crippen LogP) is 1.80. The maximum atomic E-state index is 13.0. The Morgan fingerprint density at radius 3 is 2.48 bits per heavy atom. The molecule has 1 fully saturated rings. The van der Waals surface area contributed by atoms with Gasteiger partial charge in [0.15, 0.2) is 0 Å². The highest BCUT2D eigenvalue weighted by molar-refractivity contribution is 6.25. The minimum atomic E-state index is -1.14. The van der Waals surface area contributed by atoms with Crippen molar-refractivity contribution in [1.82, 2.24) is 5.32 Å². The van der Waals surface area contributed by atoms with Gasteiger partial charge in [0, 0.05) is 13.3 Å². The number of amides is 1. The molecule has 6 atom stereocenters. The van der Waals surface area contributed by atoms with Crippen LogP contribution >= 0.6 is 23.2 Å². The number of hydrogen-bond donors (Lipinski definition) is 2. The maximum absolute atomic E-state index is 13.0. The molecule has 9 heteroatoms. The highest BCUT2D eigenvalue weighted by Crippen LogP contribution is 2.34. The summed E-state index contributed by atoms with van der Waals surface area (Å²) in [6.07, 6.45) is -1.94. The molecule has 1 aliphatic rings. The first-order valence-electron chi connectivity index (χ1n) is 9.39. The van der Waals surface area contributed by atoms with Crippen molar-refractivity contribution in [3.05, 3.63) is 35.9 Å². The molecule has 0 saturated heterocycles. The molecule has 0 aliphatic heterocycles. The molecule has 0 radical (unpaired) electrons. The molecule has 5 unspecified atom stereocenters. The Labute approximate surface area is 179 Å². The number of rotatable bonds is 7. The molecule has 0 heterocycles. The number of esters is 2. The van der Waals surface area contributed by atoms with Crippen molar-refractivity contribution in [1.29, 1.82) is 0 Å². The van der Waals surface area contributed by atoms with E-state index in [1.807, 2.05) is 30.3 Å². The van der Waals surface area contributed by atoms with Gasteiger partial charge in [-0.1, -0.05) is 30.3 Å². The lowest BCUT2D eigenvalue weighted by atomic mass is 9.83. The van der Waals surface area contributed by atoms with E-state index in [0.717, 1.165) is 5.56 Å². The average Bonchev–Trinajstić information content (AvgIpc) is 2.68. The number of benzene rings is 1. The van der Waals surface area contributed by atoms with Gasteiger partial charge in [-0.25, -0.2) is 4.79 Å². The Bertz CT molecular complexity index is 716. The normalized spacial score (nSPS) is 27.6. The zero-order valence-electron chi connectivity index (χ0n) is 16.2. The molecular formula is C20H25Cl2NO6. The van der Waals surface area contributed by atoms with Crippen LogP contribution < -0.4 is 5.32 Å². The number of hydrogen-bond acceptors (Lipinski definition) is 6. The lowest BCUT2D eigenvalue weighted by molar-refractivity contribution is -0.157. The van der Waals surface area contributed by atoms with E-state index in [4.69, 9.17) is 32.7 Å². The minimum Gasteiger partial charge on any atom is -0.464 e. The molecule has 1 aromatic carbocycles. The van der Waals surface area contributed by atoms with Crippen molar-refractivity contribution in [2.75, 3.05) is 6.61 Å². The third-order valence-corrected chi connectivity index (χ3v) is 5.64. The molecule has 29 heavy (non-hydrogen) atoms. The van der Waals surface area contributed by atoms with E-state index in [1.54, 1.807) is 6.92 Å². The van der Waals surface area contributed by atoms with Gasteiger partial charge in [-0.3, -0.25) is 9.59 Å². The molecule has 2 N–H and O–H groups in total. The fourth-order valence-corrected chi connectivity index (χ4v) is 4.12. The van der Waals surface area contributed by atoms with Crippen LogP contribution in [0.1, 0.15) is 25.8 Å². The standard InChI is InChI=1S/C20H25Cl2NO6/c1-3-28-20(27)15(9-12-7-5-4-6-8-12)23-19(26)13-10-14(21)17(25)16(22)18(13)29-11(2)24/h4-8,13-18,25H,3,9-10H2,1-2H3,(H,23,26)/t13?,14?,15-,16?,17?,18?/m1/s1. The molecule has 1 aromatic rings. The summed E-state index contributed by atoms with van der Waals surface area (Å²) in [6.45, 7) is 3.03. The van der Waals surface area contributed by atoms with Crippen LogP contribution in [-0.2, 0) is 30.3 Å². The van der Waals surface area contributed by atoms with Gasteiger partial charge in [-0.2, -0.15) is 0 Å². The molecule has 0 bridgehead atoms. The number of aliphatic hydroxyl groups is 1. The SMILES string of the molecule is CCOC(=O)[C@@H](Cc1ccccc1)NC(=O)C1CC(Cl)C(O)C(Cl)C1OC(C)=O. The van der Waals surface area contributed by atoms with Gasteiger partial charge in [0.2, 0.25) is 5.91 Å². The van der Waals surface area contributed by atoms with Crippen molar-refractivity contribution in [2.45, 2.75) is 55.7 Å². The van der Waals surface area contributed by atoms with Crippen LogP contribution in [0.15, 0.2) is 30.3 Å². The van der Waals surface area contributed by atoms with E-state index in [9.17, 15) is 19.5 Å². The van der Waals surface area contributed by atoms with Gasteiger partial charge < -0.3 is 19.9 Å². The number of carbonyl (C=O) groups is 3. The number of carbonyl (C=O) groups excluding carboxylic acids is 3. The lowest BCUT2D eigenvalue weighted by Crippen LogP contribution is -2.57. The molecular weight excluding hydrogens is 421 g/mol. The summed E-state index contributed by atoms with van der Waals surface area (Å²) >= 11 is 12.3. The Kier molecular flexibility index (Phi) is 8.74. The summed E-state index contributed by atoms with van der Waals surface area (Å²) in [5.41, 5.74) is 0.840. The van der Waals surface area contributed by atoms with E-state index < -0.39 is 52.8 Å². The summed E-state index contributed by atoms with van der Waals surface area (Å²) in [7, 11) is 0. The number of nitrogens with one attached hydrogen (secondary N) is 1. The second-order valence-corrected chi connectivity index (χ2v) is 7.93. The fourth-order valence-electron chi connectivity index (χ4n) is 3.29. The minimum absolute atomic E-state index is 0.0383.